The van der Waals surface area contributed by atoms with Gasteiger partial charge >= 0.3 is 0 Å². The molecule has 2 aromatic rings. The number of sulfonamides is 1. The number of aromatic nitrogens is 2. The average Bonchev–Trinajstić information content (AvgIpc) is 2.83. The second-order valence-electron chi connectivity index (χ2n) is 6.04. The molecule has 0 aliphatic rings. The van der Waals surface area contributed by atoms with Crippen molar-refractivity contribution in [3.05, 3.63) is 41.2 Å². The van der Waals surface area contributed by atoms with Crippen LogP contribution in [0.5, 0.6) is 0 Å². The van der Waals surface area contributed by atoms with E-state index in [1.165, 1.54) is 12.1 Å². The van der Waals surface area contributed by atoms with E-state index in [2.05, 4.69) is 15.1 Å². The molecule has 1 aromatic heterocycles. The molecule has 0 spiro atoms. The molecule has 0 aliphatic heterocycles. The van der Waals surface area contributed by atoms with Crippen LogP contribution in [0.1, 0.15) is 23.4 Å². The van der Waals surface area contributed by atoms with E-state index in [-0.39, 0.29) is 30.3 Å². The molecular weight excluding hydrogens is 354 g/mol. The summed E-state index contributed by atoms with van der Waals surface area (Å²) in [6, 6.07) is 6.14. The first-order chi connectivity index (χ1) is 12.2. The van der Waals surface area contributed by atoms with Gasteiger partial charge in [-0.3, -0.25) is 9.48 Å². The Morgan fingerprint density at radius 3 is 2.65 bits per heavy atom. The summed E-state index contributed by atoms with van der Waals surface area (Å²) in [5.74, 6) is -0.183. The van der Waals surface area contributed by atoms with E-state index in [9.17, 15) is 13.2 Å². The minimum Gasteiger partial charge on any atom is -0.329 e. The van der Waals surface area contributed by atoms with Crippen LogP contribution in [-0.2, 0) is 28.3 Å². The van der Waals surface area contributed by atoms with E-state index < -0.39 is 10.0 Å². The van der Waals surface area contributed by atoms with E-state index in [0.717, 1.165) is 17.0 Å². The lowest BCUT2D eigenvalue weighted by atomic mass is 10.1. The van der Waals surface area contributed by atoms with Crippen LogP contribution in [0.25, 0.3) is 0 Å². The Hall–Kier alpha value is -2.23. The van der Waals surface area contributed by atoms with Crippen molar-refractivity contribution in [3.8, 4) is 0 Å². The highest BCUT2D eigenvalue weighted by Crippen LogP contribution is 2.17. The smallest absolute Gasteiger partial charge is 0.240 e. The molecule has 0 saturated heterocycles. The molecule has 8 nitrogen and oxygen atoms in total. The lowest BCUT2D eigenvalue weighted by Gasteiger charge is -2.09. The lowest BCUT2D eigenvalue weighted by Crippen LogP contribution is -2.29. The molecule has 9 heteroatoms. The minimum atomic E-state index is -3.64. The van der Waals surface area contributed by atoms with Crippen LogP contribution in [0.3, 0.4) is 0 Å². The maximum absolute atomic E-state index is 12.2. The van der Waals surface area contributed by atoms with Gasteiger partial charge in [-0.2, -0.15) is 5.10 Å². The Morgan fingerprint density at radius 1 is 1.31 bits per heavy atom. The highest BCUT2D eigenvalue weighted by atomic mass is 32.2. The van der Waals surface area contributed by atoms with E-state index in [0.29, 0.717) is 12.1 Å². The summed E-state index contributed by atoms with van der Waals surface area (Å²) in [4.78, 5) is 12.3. The van der Waals surface area contributed by atoms with Crippen LogP contribution in [0.15, 0.2) is 29.2 Å². The van der Waals surface area contributed by atoms with Crippen LogP contribution >= 0.6 is 0 Å². The van der Waals surface area contributed by atoms with Crippen molar-refractivity contribution in [2.75, 3.05) is 18.4 Å². The summed E-state index contributed by atoms with van der Waals surface area (Å²) in [6.07, 6.45) is 0.864. The largest absolute Gasteiger partial charge is 0.329 e. The summed E-state index contributed by atoms with van der Waals surface area (Å²) in [7, 11) is -1.77. The van der Waals surface area contributed by atoms with Crippen LogP contribution in [0.4, 0.5) is 5.69 Å². The van der Waals surface area contributed by atoms with Gasteiger partial charge in [-0.25, -0.2) is 13.1 Å². The van der Waals surface area contributed by atoms with Crippen LogP contribution in [-0.4, -0.2) is 37.2 Å². The molecule has 1 heterocycles. The van der Waals surface area contributed by atoms with Gasteiger partial charge in [0.25, 0.3) is 0 Å². The average molecular weight is 379 g/mol. The minimum absolute atomic E-state index is 0.0858. The molecule has 1 aromatic carbocycles. The van der Waals surface area contributed by atoms with Gasteiger partial charge in [0, 0.05) is 37.9 Å². The highest BCUT2D eigenvalue weighted by Gasteiger charge is 2.15. The van der Waals surface area contributed by atoms with Crippen molar-refractivity contribution in [2.45, 2.75) is 31.6 Å². The Bertz CT molecular complexity index is 890. The maximum atomic E-state index is 12.2. The van der Waals surface area contributed by atoms with E-state index >= 15 is 0 Å². The second kappa shape index (κ2) is 8.43. The quantitative estimate of drug-likeness (QED) is 0.628. The van der Waals surface area contributed by atoms with Gasteiger partial charge in [-0.05, 0) is 44.0 Å². The van der Waals surface area contributed by atoms with Crippen molar-refractivity contribution >= 4 is 21.6 Å². The topological polar surface area (TPSA) is 119 Å². The van der Waals surface area contributed by atoms with E-state index in [1.807, 2.05) is 20.9 Å². The van der Waals surface area contributed by atoms with E-state index in [1.54, 1.807) is 16.8 Å². The molecule has 4 N–H and O–H groups in total. The first-order valence-electron chi connectivity index (χ1n) is 8.33. The molecule has 0 fully saturated rings. The number of aryl methyl sites for hydroxylation is 2. The predicted octanol–water partition coefficient (Wildman–Crippen LogP) is 0.845. The van der Waals surface area contributed by atoms with Gasteiger partial charge in [0.05, 0.1) is 10.6 Å². The zero-order chi connectivity index (χ0) is 19.3. The predicted molar refractivity (Wildman–Crippen MR) is 100 cm³/mol. The van der Waals surface area contributed by atoms with E-state index in [4.69, 9.17) is 5.73 Å². The number of nitrogens with one attached hydrogen (secondary N) is 2. The lowest BCUT2D eigenvalue weighted by molar-refractivity contribution is -0.116. The zero-order valence-corrected chi connectivity index (χ0v) is 16.1. The number of anilines is 1. The highest BCUT2D eigenvalue weighted by molar-refractivity contribution is 7.89. The number of nitrogens with zero attached hydrogens (tertiary/aromatic N) is 2. The van der Waals surface area contributed by atoms with Crippen LogP contribution < -0.4 is 15.8 Å². The fourth-order valence-corrected chi connectivity index (χ4v) is 3.75. The SMILES string of the molecule is Cc1nn(C)c(C)c1CCC(=O)Nc1cccc(S(=O)(=O)NCCN)c1. The standard InChI is InChI=1S/C17H25N5O3S/c1-12-16(13(2)22(3)21-12)7-8-17(23)20-14-5-4-6-15(11-14)26(24,25)19-10-9-18/h4-6,11,19H,7-10,18H2,1-3H3,(H,20,23). The van der Waals surface area contributed by atoms with Gasteiger partial charge in [0.1, 0.15) is 0 Å². The van der Waals surface area contributed by atoms with Gasteiger partial charge in [0.2, 0.25) is 15.9 Å². The third kappa shape index (κ3) is 4.90. The van der Waals surface area contributed by atoms with Crippen molar-refractivity contribution in [2.24, 2.45) is 12.8 Å². The van der Waals surface area contributed by atoms with Crippen molar-refractivity contribution in [1.82, 2.24) is 14.5 Å². The van der Waals surface area contributed by atoms with Crippen molar-refractivity contribution in [1.29, 1.82) is 0 Å². The summed E-state index contributed by atoms with van der Waals surface area (Å²) >= 11 is 0. The van der Waals surface area contributed by atoms with Gasteiger partial charge < -0.3 is 11.1 Å². The summed E-state index contributed by atoms with van der Waals surface area (Å²) in [5.41, 5.74) is 8.77. The molecule has 0 aliphatic carbocycles. The number of rotatable bonds is 8. The second-order valence-corrected chi connectivity index (χ2v) is 7.80. The van der Waals surface area contributed by atoms with Crippen molar-refractivity contribution < 1.29 is 13.2 Å². The summed E-state index contributed by atoms with van der Waals surface area (Å²) < 4.78 is 28.4. The Balaban J connectivity index is 2.02. The van der Waals surface area contributed by atoms with Crippen LogP contribution in [0, 0.1) is 13.8 Å². The molecule has 0 saturated carbocycles. The monoisotopic (exact) mass is 379 g/mol. The summed E-state index contributed by atoms with van der Waals surface area (Å²) in [6.45, 7) is 4.25. The number of benzene rings is 1. The Labute approximate surface area is 153 Å². The first-order valence-corrected chi connectivity index (χ1v) is 9.81. The Kier molecular flexibility index (Phi) is 6.52. The molecule has 0 radical (unpaired) electrons. The number of amides is 1. The fourth-order valence-electron chi connectivity index (χ4n) is 2.66. The third-order valence-corrected chi connectivity index (χ3v) is 5.58. The normalized spacial score (nSPS) is 11.5. The zero-order valence-electron chi connectivity index (χ0n) is 15.2. The number of hydrogen-bond acceptors (Lipinski definition) is 5. The molecule has 1 amide bonds. The fraction of sp³-hybridized carbons (Fsp3) is 0.412. The number of carbonyl (C=O) groups excluding carboxylic acids is 1. The summed E-state index contributed by atoms with van der Waals surface area (Å²) in [5, 5.41) is 7.08. The number of carbonyl (C=O) groups is 1. The number of nitrogens with two attached hydrogens (primary N) is 1. The van der Waals surface area contributed by atoms with Crippen LogP contribution in [0.2, 0.25) is 0 Å². The molecule has 26 heavy (non-hydrogen) atoms. The number of hydrogen-bond donors (Lipinski definition) is 3. The molecule has 0 bridgehead atoms. The molecule has 142 valence electrons. The molecular formula is C17H25N5O3S. The molecule has 0 unspecified atom stereocenters. The maximum Gasteiger partial charge on any atom is 0.240 e. The van der Waals surface area contributed by atoms with Gasteiger partial charge in [0.15, 0.2) is 0 Å². The van der Waals surface area contributed by atoms with Crippen molar-refractivity contribution in [3.63, 3.8) is 0 Å². The molecule has 2 rings (SSSR count). The van der Waals surface area contributed by atoms with Gasteiger partial charge in [-0.15, -0.1) is 0 Å². The molecule has 0 atom stereocenters. The third-order valence-electron chi connectivity index (χ3n) is 4.13. The Morgan fingerprint density at radius 2 is 2.04 bits per heavy atom. The first kappa shape index (κ1) is 20.1. The van der Waals surface area contributed by atoms with Gasteiger partial charge in [-0.1, -0.05) is 6.07 Å².